The van der Waals surface area contributed by atoms with Crippen molar-refractivity contribution < 1.29 is 14.3 Å². The monoisotopic (exact) mass is 282 g/mol. The van der Waals surface area contributed by atoms with Crippen molar-refractivity contribution in [1.82, 2.24) is 15.1 Å². The van der Waals surface area contributed by atoms with Gasteiger partial charge in [0.25, 0.3) is 5.91 Å². The van der Waals surface area contributed by atoms with Gasteiger partial charge in [-0.25, -0.2) is 0 Å². The number of carbonyl (C=O) groups excluding carboxylic acids is 2. The molecule has 0 aliphatic carbocycles. The van der Waals surface area contributed by atoms with Crippen molar-refractivity contribution in [3.8, 4) is 0 Å². The molecule has 20 heavy (non-hydrogen) atoms. The van der Waals surface area contributed by atoms with E-state index in [2.05, 4.69) is 17.3 Å². The third-order valence-corrected chi connectivity index (χ3v) is 2.70. The van der Waals surface area contributed by atoms with Gasteiger partial charge in [0.1, 0.15) is 6.54 Å². The molecule has 0 saturated heterocycles. The van der Waals surface area contributed by atoms with Crippen LogP contribution in [0.15, 0.2) is 12.4 Å². The topological polar surface area (TPSA) is 99.2 Å². The molecule has 1 aromatic rings. The number of unbranched alkanes of at least 4 members (excludes halogenated alkanes) is 2. The van der Waals surface area contributed by atoms with Crippen molar-refractivity contribution in [1.29, 1.82) is 0 Å². The van der Waals surface area contributed by atoms with Crippen molar-refractivity contribution in [2.45, 2.75) is 45.8 Å². The number of hydrogen-bond acceptors (Lipinski definition) is 5. The molecule has 3 N–H and O–H groups in total. The van der Waals surface area contributed by atoms with Gasteiger partial charge in [-0.3, -0.25) is 14.3 Å². The molecule has 0 fully saturated rings. The normalized spacial score (nSPS) is 11.9. The van der Waals surface area contributed by atoms with Gasteiger partial charge in [0, 0.05) is 12.7 Å². The lowest BCUT2D eigenvalue weighted by Crippen LogP contribution is -2.37. The average Bonchev–Trinajstić information content (AvgIpc) is 2.79. The van der Waals surface area contributed by atoms with Gasteiger partial charge in [0.15, 0.2) is 6.10 Å². The van der Waals surface area contributed by atoms with Crippen LogP contribution in [0, 0.1) is 0 Å². The summed E-state index contributed by atoms with van der Waals surface area (Å²) in [6.45, 7) is 4.17. The summed E-state index contributed by atoms with van der Waals surface area (Å²) in [4.78, 5) is 23.3. The van der Waals surface area contributed by atoms with E-state index < -0.39 is 12.1 Å². The molecule has 7 heteroatoms. The van der Waals surface area contributed by atoms with E-state index in [-0.39, 0.29) is 12.5 Å². The highest BCUT2D eigenvalue weighted by Crippen LogP contribution is 2.00. The molecule has 1 heterocycles. The minimum Gasteiger partial charge on any atom is -0.451 e. The van der Waals surface area contributed by atoms with Crippen LogP contribution in [0.4, 0.5) is 5.69 Å². The van der Waals surface area contributed by atoms with Crippen molar-refractivity contribution in [2.75, 3.05) is 12.3 Å². The number of esters is 1. The maximum atomic E-state index is 11.7. The van der Waals surface area contributed by atoms with Crippen LogP contribution >= 0.6 is 0 Å². The second-order valence-electron chi connectivity index (χ2n) is 4.60. The molecule has 0 radical (unpaired) electrons. The smallest absolute Gasteiger partial charge is 0.328 e. The molecule has 7 nitrogen and oxygen atoms in total. The second kappa shape index (κ2) is 8.19. The number of nitrogen functional groups attached to an aromatic ring is 1. The molecule has 1 aromatic heterocycles. The number of anilines is 1. The number of nitrogens with one attached hydrogen (secondary N) is 1. The molecule has 1 unspecified atom stereocenters. The molecule has 1 atom stereocenters. The number of aromatic nitrogens is 2. The lowest BCUT2D eigenvalue weighted by Gasteiger charge is -2.13. The van der Waals surface area contributed by atoms with Crippen LogP contribution in [-0.4, -0.2) is 34.3 Å². The maximum absolute atomic E-state index is 11.7. The van der Waals surface area contributed by atoms with E-state index in [1.165, 1.54) is 17.1 Å². The maximum Gasteiger partial charge on any atom is 0.328 e. The summed E-state index contributed by atoms with van der Waals surface area (Å²) < 4.78 is 6.39. The van der Waals surface area contributed by atoms with Gasteiger partial charge in [-0.15, -0.1) is 0 Å². The minimum atomic E-state index is -0.808. The molecule has 0 aromatic carbocycles. The van der Waals surface area contributed by atoms with Crippen molar-refractivity contribution >= 4 is 17.6 Å². The molecular weight excluding hydrogens is 260 g/mol. The summed E-state index contributed by atoms with van der Waals surface area (Å²) in [5.74, 6) is -0.807. The lowest BCUT2D eigenvalue weighted by molar-refractivity contribution is -0.155. The fourth-order valence-corrected chi connectivity index (χ4v) is 1.62. The van der Waals surface area contributed by atoms with Crippen LogP contribution in [0.2, 0.25) is 0 Å². The average molecular weight is 282 g/mol. The van der Waals surface area contributed by atoms with Gasteiger partial charge in [-0.05, 0) is 13.3 Å². The van der Waals surface area contributed by atoms with E-state index in [4.69, 9.17) is 10.5 Å². The predicted molar refractivity (Wildman–Crippen MR) is 74.7 cm³/mol. The molecule has 0 saturated carbocycles. The zero-order chi connectivity index (χ0) is 15.0. The third kappa shape index (κ3) is 5.73. The number of nitrogens with two attached hydrogens (primary N) is 1. The summed E-state index contributed by atoms with van der Waals surface area (Å²) in [5, 5.41) is 6.60. The predicted octanol–water partition coefficient (Wildman–Crippen LogP) is 0.703. The van der Waals surface area contributed by atoms with Gasteiger partial charge < -0.3 is 15.8 Å². The fourth-order valence-electron chi connectivity index (χ4n) is 1.62. The second-order valence-corrected chi connectivity index (χ2v) is 4.60. The zero-order valence-corrected chi connectivity index (χ0v) is 12.0. The quantitative estimate of drug-likeness (QED) is 0.540. The van der Waals surface area contributed by atoms with Gasteiger partial charge in [-0.1, -0.05) is 19.8 Å². The first-order chi connectivity index (χ1) is 9.52. The first-order valence-electron chi connectivity index (χ1n) is 6.78. The number of amides is 1. The van der Waals surface area contributed by atoms with Gasteiger partial charge in [-0.2, -0.15) is 5.10 Å². The number of carbonyl (C=O) groups is 2. The van der Waals surface area contributed by atoms with E-state index in [1.807, 2.05) is 0 Å². The number of nitrogens with zero attached hydrogens (tertiary/aromatic N) is 2. The SMILES string of the molecule is CCCCCNC(=O)C(C)OC(=O)Cn1cc(N)cn1. The van der Waals surface area contributed by atoms with Crippen molar-refractivity contribution in [3.63, 3.8) is 0 Å². The Bertz CT molecular complexity index is 445. The molecule has 112 valence electrons. The van der Waals surface area contributed by atoms with Crippen molar-refractivity contribution in [2.24, 2.45) is 0 Å². The van der Waals surface area contributed by atoms with E-state index >= 15 is 0 Å². The summed E-state index contributed by atoms with van der Waals surface area (Å²) in [6, 6.07) is 0. The molecule has 0 bridgehead atoms. The Kier molecular flexibility index (Phi) is 6.55. The van der Waals surface area contributed by atoms with Gasteiger partial charge in [0.2, 0.25) is 0 Å². The van der Waals surface area contributed by atoms with E-state index in [0.717, 1.165) is 19.3 Å². The summed E-state index contributed by atoms with van der Waals surface area (Å²) >= 11 is 0. The van der Waals surface area contributed by atoms with Crippen LogP contribution in [-0.2, 0) is 20.9 Å². The van der Waals surface area contributed by atoms with Crippen LogP contribution < -0.4 is 11.1 Å². The first kappa shape index (κ1) is 16.0. The summed E-state index contributed by atoms with van der Waals surface area (Å²) in [7, 11) is 0. The Morgan fingerprint density at radius 2 is 2.25 bits per heavy atom. The summed E-state index contributed by atoms with van der Waals surface area (Å²) in [6.07, 6.45) is 5.24. The molecule has 0 aliphatic heterocycles. The first-order valence-corrected chi connectivity index (χ1v) is 6.78. The largest absolute Gasteiger partial charge is 0.451 e. The van der Waals surface area contributed by atoms with Crippen LogP contribution in [0.3, 0.4) is 0 Å². The Labute approximate surface area is 118 Å². The fraction of sp³-hybridized carbons (Fsp3) is 0.615. The lowest BCUT2D eigenvalue weighted by atomic mass is 10.2. The Morgan fingerprint density at radius 3 is 2.85 bits per heavy atom. The molecular formula is C13H22N4O3. The van der Waals surface area contributed by atoms with E-state index in [9.17, 15) is 9.59 Å². The highest BCUT2D eigenvalue weighted by molar-refractivity contribution is 5.83. The number of rotatable bonds is 8. The summed E-state index contributed by atoms with van der Waals surface area (Å²) in [5.41, 5.74) is 5.96. The highest BCUT2D eigenvalue weighted by atomic mass is 16.5. The van der Waals surface area contributed by atoms with Crippen LogP contribution in [0.5, 0.6) is 0 Å². The van der Waals surface area contributed by atoms with E-state index in [1.54, 1.807) is 6.92 Å². The van der Waals surface area contributed by atoms with Gasteiger partial charge in [0.05, 0.1) is 11.9 Å². The standard InChI is InChI=1S/C13H22N4O3/c1-3-4-5-6-15-13(19)10(2)20-12(18)9-17-8-11(14)7-16-17/h7-8,10H,3-6,9,14H2,1-2H3,(H,15,19). The van der Waals surface area contributed by atoms with Crippen LogP contribution in [0.25, 0.3) is 0 Å². The Hall–Kier alpha value is -2.05. The molecule has 1 amide bonds. The Morgan fingerprint density at radius 1 is 1.50 bits per heavy atom. The highest BCUT2D eigenvalue weighted by Gasteiger charge is 2.17. The molecule has 1 rings (SSSR count). The van der Waals surface area contributed by atoms with Gasteiger partial charge >= 0.3 is 5.97 Å². The molecule has 0 aliphatic rings. The van der Waals surface area contributed by atoms with E-state index in [0.29, 0.717) is 12.2 Å². The molecule has 0 spiro atoms. The minimum absolute atomic E-state index is 0.0648. The van der Waals surface area contributed by atoms with Crippen molar-refractivity contribution in [3.05, 3.63) is 12.4 Å². The third-order valence-electron chi connectivity index (χ3n) is 2.70. The number of ether oxygens (including phenoxy) is 1. The zero-order valence-electron chi connectivity index (χ0n) is 12.0. The Balaban J connectivity index is 2.28. The van der Waals surface area contributed by atoms with Crippen LogP contribution in [0.1, 0.15) is 33.1 Å². The number of hydrogen-bond donors (Lipinski definition) is 2.